The van der Waals surface area contributed by atoms with Gasteiger partial charge in [0.2, 0.25) is 0 Å². The molecule has 1 fully saturated rings. The fourth-order valence-corrected chi connectivity index (χ4v) is 1.38. The summed E-state index contributed by atoms with van der Waals surface area (Å²) in [6.07, 6.45) is 1.92. The summed E-state index contributed by atoms with van der Waals surface area (Å²) in [7, 11) is 0. The first-order chi connectivity index (χ1) is 7.24. The second-order valence-corrected chi connectivity index (χ2v) is 3.52. The largest absolute Gasteiger partial charge is 0.463 e. The first kappa shape index (κ1) is 12.2. The monoisotopic (exact) mass is 213 g/mol. The number of carbonyl (C=O) groups excluding carboxylic acids is 1. The molecule has 1 aliphatic heterocycles. The Morgan fingerprint density at radius 1 is 1.47 bits per heavy atom. The molecule has 1 rings (SSSR count). The number of esters is 1. The van der Waals surface area contributed by atoms with Crippen LogP contribution < -0.4 is 0 Å². The van der Waals surface area contributed by atoms with Gasteiger partial charge in [-0.2, -0.15) is 0 Å². The molecule has 0 aliphatic carbocycles. The van der Waals surface area contributed by atoms with Crippen LogP contribution in [0.15, 0.2) is 11.6 Å². The minimum atomic E-state index is -0.217. The van der Waals surface area contributed by atoms with Crippen LogP contribution in [0.2, 0.25) is 0 Å². The van der Waals surface area contributed by atoms with Crippen molar-refractivity contribution in [3.8, 4) is 0 Å². The molecule has 1 aliphatic rings. The Bertz CT molecular complexity index is 232. The molecular formula is C11H19NO3. The topological polar surface area (TPSA) is 38.8 Å². The molecule has 0 aromatic carbocycles. The molecule has 0 atom stereocenters. The smallest absolute Gasteiger partial charge is 0.333 e. The van der Waals surface area contributed by atoms with Gasteiger partial charge in [-0.1, -0.05) is 6.08 Å². The quantitative estimate of drug-likeness (QED) is 0.512. The van der Waals surface area contributed by atoms with E-state index in [0.717, 1.165) is 32.8 Å². The highest BCUT2D eigenvalue weighted by Crippen LogP contribution is 2.01. The maximum absolute atomic E-state index is 11.3. The zero-order valence-corrected chi connectivity index (χ0v) is 9.49. The van der Waals surface area contributed by atoms with Crippen LogP contribution in [0, 0.1) is 0 Å². The van der Waals surface area contributed by atoms with E-state index in [9.17, 15) is 4.79 Å². The van der Waals surface area contributed by atoms with Gasteiger partial charge in [-0.05, 0) is 13.8 Å². The lowest BCUT2D eigenvalue weighted by molar-refractivity contribution is -0.138. The maximum Gasteiger partial charge on any atom is 0.333 e. The van der Waals surface area contributed by atoms with Crippen molar-refractivity contribution in [3.63, 3.8) is 0 Å². The lowest BCUT2D eigenvalue weighted by Gasteiger charge is -2.25. The zero-order chi connectivity index (χ0) is 11.1. The highest BCUT2D eigenvalue weighted by molar-refractivity contribution is 5.87. The van der Waals surface area contributed by atoms with Crippen molar-refractivity contribution in [1.82, 2.24) is 4.90 Å². The van der Waals surface area contributed by atoms with Gasteiger partial charge in [0.15, 0.2) is 0 Å². The Morgan fingerprint density at radius 3 is 2.73 bits per heavy atom. The summed E-state index contributed by atoms with van der Waals surface area (Å²) in [6, 6.07) is 0. The van der Waals surface area contributed by atoms with Gasteiger partial charge in [0.05, 0.1) is 19.8 Å². The zero-order valence-electron chi connectivity index (χ0n) is 9.49. The highest BCUT2D eigenvalue weighted by atomic mass is 16.5. The van der Waals surface area contributed by atoms with Crippen molar-refractivity contribution in [2.75, 3.05) is 39.5 Å². The molecule has 15 heavy (non-hydrogen) atoms. The Morgan fingerprint density at radius 2 is 2.13 bits per heavy atom. The first-order valence-corrected chi connectivity index (χ1v) is 5.38. The van der Waals surface area contributed by atoms with E-state index >= 15 is 0 Å². The summed E-state index contributed by atoms with van der Waals surface area (Å²) in [4.78, 5) is 13.5. The van der Waals surface area contributed by atoms with Crippen LogP contribution in [0.25, 0.3) is 0 Å². The molecule has 0 N–H and O–H groups in total. The molecule has 0 radical (unpaired) electrons. The summed E-state index contributed by atoms with van der Waals surface area (Å²) < 4.78 is 10.1. The van der Waals surface area contributed by atoms with Gasteiger partial charge in [0, 0.05) is 25.2 Å². The van der Waals surface area contributed by atoms with Crippen LogP contribution in [0.1, 0.15) is 13.8 Å². The molecule has 0 bridgehead atoms. The number of carbonyl (C=O) groups is 1. The van der Waals surface area contributed by atoms with Gasteiger partial charge in [0.25, 0.3) is 0 Å². The molecule has 1 saturated heterocycles. The van der Waals surface area contributed by atoms with E-state index in [1.54, 1.807) is 6.92 Å². The van der Waals surface area contributed by atoms with E-state index in [2.05, 4.69) is 4.90 Å². The lowest BCUT2D eigenvalue weighted by atomic mass is 10.2. The predicted molar refractivity (Wildman–Crippen MR) is 57.6 cm³/mol. The fraction of sp³-hybridized carbons (Fsp3) is 0.727. The molecule has 86 valence electrons. The standard InChI is InChI=1S/C11H19NO3/c1-3-15-11(13)10(2)4-5-12-6-8-14-9-7-12/h4H,3,5-9H2,1-2H3/b10-4+. The Balaban J connectivity index is 2.31. The van der Waals surface area contributed by atoms with E-state index in [4.69, 9.17) is 9.47 Å². The van der Waals surface area contributed by atoms with Gasteiger partial charge in [0.1, 0.15) is 0 Å². The fourth-order valence-electron chi connectivity index (χ4n) is 1.38. The number of hydrogen-bond donors (Lipinski definition) is 0. The van der Waals surface area contributed by atoms with Crippen LogP contribution in [0.4, 0.5) is 0 Å². The van der Waals surface area contributed by atoms with Gasteiger partial charge >= 0.3 is 5.97 Å². The number of ether oxygens (including phenoxy) is 2. The first-order valence-electron chi connectivity index (χ1n) is 5.38. The van der Waals surface area contributed by atoms with E-state index in [0.29, 0.717) is 12.2 Å². The molecule has 0 unspecified atom stereocenters. The highest BCUT2D eigenvalue weighted by Gasteiger charge is 2.10. The third-order valence-electron chi connectivity index (χ3n) is 2.36. The molecule has 4 nitrogen and oxygen atoms in total. The molecule has 0 aromatic rings. The Hall–Kier alpha value is -0.870. The van der Waals surface area contributed by atoms with Gasteiger partial charge in [-0.3, -0.25) is 4.90 Å². The minimum Gasteiger partial charge on any atom is -0.463 e. The van der Waals surface area contributed by atoms with Crippen molar-refractivity contribution in [2.24, 2.45) is 0 Å². The van der Waals surface area contributed by atoms with Crippen molar-refractivity contribution in [3.05, 3.63) is 11.6 Å². The summed E-state index contributed by atoms with van der Waals surface area (Å²) >= 11 is 0. The van der Waals surface area contributed by atoms with Crippen LogP contribution in [-0.4, -0.2) is 50.3 Å². The summed E-state index contributed by atoms with van der Waals surface area (Å²) in [5.41, 5.74) is 0.684. The van der Waals surface area contributed by atoms with Crippen molar-refractivity contribution < 1.29 is 14.3 Å². The van der Waals surface area contributed by atoms with Gasteiger partial charge in [-0.25, -0.2) is 4.79 Å². The van der Waals surface area contributed by atoms with Crippen molar-refractivity contribution in [1.29, 1.82) is 0 Å². The van der Waals surface area contributed by atoms with E-state index in [-0.39, 0.29) is 5.97 Å². The maximum atomic E-state index is 11.3. The molecule has 0 aromatic heterocycles. The number of hydrogen-bond acceptors (Lipinski definition) is 4. The van der Waals surface area contributed by atoms with Gasteiger partial charge < -0.3 is 9.47 Å². The van der Waals surface area contributed by atoms with E-state index < -0.39 is 0 Å². The van der Waals surface area contributed by atoms with Crippen molar-refractivity contribution in [2.45, 2.75) is 13.8 Å². The second kappa shape index (κ2) is 6.58. The third-order valence-corrected chi connectivity index (χ3v) is 2.36. The number of morpholine rings is 1. The van der Waals surface area contributed by atoms with Crippen molar-refractivity contribution >= 4 is 5.97 Å². The molecule has 4 heteroatoms. The van der Waals surface area contributed by atoms with Crippen LogP contribution in [0.3, 0.4) is 0 Å². The van der Waals surface area contributed by atoms with Crippen LogP contribution in [-0.2, 0) is 14.3 Å². The average Bonchev–Trinajstić information content (AvgIpc) is 2.27. The summed E-state index contributed by atoms with van der Waals surface area (Å²) in [6.45, 7) is 8.28. The lowest BCUT2D eigenvalue weighted by Crippen LogP contribution is -2.36. The second-order valence-electron chi connectivity index (χ2n) is 3.52. The molecular weight excluding hydrogens is 194 g/mol. The number of nitrogens with zero attached hydrogens (tertiary/aromatic N) is 1. The van der Waals surface area contributed by atoms with Crippen LogP contribution in [0.5, 0.6) is 0 Å². The normalized spacial score (nSPS) is 18.9. The predicted octanol–water partition coefficient (Wildman–Crippen LogP) is 0.828. The number of rotatable bonds is 4. The minimum absolute atomic E-state index is 0.217. The Labute approximate surface area is 90.8 Å². The molecule has 1 heterocycles. The van der Waals surface area contributed by atoms with Crippen LogP contribution >= 0.6 is 0 Å². The average molecular weight is 213 g/mol. The SMILES string of the molecule is CCOC(=O)/C(C)=C/CN1CCOCC1. The summed E-state index contributed by atoms with van der Waals surface area (Å²) in [5.74, 6) is -0.217. The molecule has 0 saturated carbocycles. The third kappa shape index (κ3) is 4.44. The summed E-state index contributed by atoms with van der Waals surface area (Å²) in [5, 5.41) is 0. The van der Waals surface area contributed by atoms with E-state index in [1.807, 2.05) is 13.0 Å². The van der Waals surface area contributed by atoms with Gasteiger partial charge in [-0.15, -0.1) is 0 Å². The Kier molecular flexibility index (Phi) is 5.36. The molecule has 0 spiro atoms. The van der Waals surface area contributed by atoms with E-state index in [1.165, 1.54) is 0 Å². The molecule has 0 amide bonds.